The average Bonchev–Trinajstić information content (AvgIpc) is 3.27. The standard InChI is InChI=1S/C16H26N4O.2C2HF3O2/c1-17(2)15(21)10-19-8-6-16(11-19)12-20(13-16)9-14-5-4-7-18(14)3;2*3-2(4,5)1(6)7/h4-5,7H,6,8-13H2,1-3H3;2*(H,6,7). The summed E-state index contributed by atoms with van der Waals surface area (Å²) in [5.41, 5.74) is 1.82. The number of hydrogen-bond donors (Lipinski definition) is 2. The molecule has 9 nitrogen and oxygen atoms in total. The van der Waals surface area contributed by atoms with Gasteiger partial charge in [-0.1, -0.05) is 0 Å². The van der Waals surface area contributed by atoms with Crippen molar-refractivity contribution in [1.82, 2.24) is 19.3 Å². The summed E-state index contributed by atoms with van der Waals surface area (Å²) in [6.45, 7) is 6.11. The van der Waals surface area contributed by atoms with Gasteiger partial charge in [-0.25, -0.2) is 9.59 Å². The number of hydrogen-bond acceptors (Lipinski definition) is 5. The Kier molecular flexibility index (Phi) is 10.1. The summed E-state index contributed by atoms with van der Waals surface area (Å²) in [5.74, 6) is -5.30. The zero-order valence-electron chi connectivity index (χ0n) is 19.4. The number of likely N-dealkylation sites (N-methyl/N-ethyl adjacent to an activating group) is 1. The molecule has 0 bridgehead atoms. The largest absolute Gasteiger partial charge is 0.490 e. The van der Waals surface area contributed by atoms with Gasteiger partial charge in [-0.3, -0.25) is 14.6 Å². The van der Waals surface area contributed by atoms with E-state index >= 15 is 0 Å². The van der Waals surface area contributed by atoms with Crippen LogP contribution >= 0.6 is 0 Å². The monoisotopic (exact) mass is 518 g/mol. The molecule has 35 heavy (non-hydrogen) atoms. The van der Waals surface area contributed by atoms with Crippen LogP contribution in [0.15, 0.2) is 18.3 Å². The molecule has 0 unspecified atom stereocenters. The van der Waals surface area contributed by atoms with Gasteiger partial charge < -0.3 is 19.7 Å². The van der Waals surface area contributed by atoms with E-state index < -0.39 is 24.3 Å². The van der Waals surface area contributed by atoms with Crippen molar-refractivity contribution >= 4 is 17.8 Å². The van der Waals surface area contributed by atoms with E-state index in [2.05, 4.69) is 39.7 Å². The van der Waals surface area contributed by atoms with Crippen LogP contribution in [0.2, 0.25) is 0 Å². The molecular formula is C20H28F6N4O5. The molecule has 2 saturated heterocycles. The van der Waals surface area contributed by atoms with Crippen molar-refractivity contribution < 1.29 is 50.9 Å². The van der Waals surface area contributed by atoms with E-state index in [4.69, 9.17) is 19.8 Å². The molecule has 2 fully saturated rings. The summed E-state index contributed by atoms with van der Waals surface area (Å²) in [6.07, 6.45) is -6.83. The number of carboxylic acid groups (broad SMARTS) is 2. The second-order valence-electron chi connectivity index (χ2n) is 8.61. The molecule has 1 spiro atoms. The minimum atomic E-state index is -5.08. The number of aromatic nitrogens is 1. The molecule has 0 radical (unpaired) electrons. The third-order valence-corrected chi connectivity index (χ3v) is 5.42. The van der Waals surface area contributed by atoms with Gasteiger partial charge in [-0.15, -0.1) is 0 Å². The fourth-order valence-electron chi connectivity index (χ4n) is 3.66. The number of halogens is 6. The third kappa shape index (κ3) is 9.76. The van der Waals surface area contributed by atoms with Gasteiger partial charge >= 0.3 is 24.3 Å². The number of nitrogens with zero attached hydrogens (tertiary/aromatic N) is 4. The number of rotatable bonds is 4. The zero-order valence-corrected chi connectivity index (χ0v) is 19.4. The van der Waals surface area contributed by atoms with Gasteiger partial charge in [0.05, 0.1) is 6.54 Å². The summed E-state index contributed by atoms with van der Waals surface area (Å²) in [7, 11) is 5.77. The van der Waals surface area contributed by atoms with Crippen molar-refractivity contribution in [3.63, 3.8) is 0 Å². The van der Waals surface area contributed by atoms with Crippen LogP contribution in [-0.2, 0) is 28.0 Å². The molecule has 3 rings (SSSR count). The van der Waals surface area contributed by atoms with Crippen molar-refractivity contribution in [3.05, 3.63) is 24.0 Å². The molecule has 2 N–H and O–H groups in total. The van der Waals surface area contributed by atoms with Crippen molar-refractivity contribution in [2.45, 2.75) is 25.3 Å². The smallest absolute Gasteiger partial charge is 0.475 e. The summed E-state index contributed by atoms with van der Waals surface area (Å²) in [4.78, 5) is 36.1. The Labute approximate surface area is 197 Å². The van der Waals surface area contributed by atoms with Crippen molar-refractivity contribution in [2.75, 3.05) is 46.8 Å². The number of likely N-dealkylation sites (tertiary alicyclic amines) is 2. The number of carbonyl (C=O) groups excluding carboxylic acids is 1. The normalized spacial score (nSPS) is 17.5. The predicted molar refractivity (Wildman–Crippen MR) is 110 cm³/mol. The fraction of sp³-hybridized carbons (Fsp3) is 0.650. The van der Waals surface area contributed by atoms with E-state index in [0.29, 0.717) is 12.0 Å². The number of aliphatic carboxylic acids is 2. The molecule has 2 aliphatic heterocycles. The maximum Gasteiger partial charge on any atom is 0.490 e. The van der Waals surface area contributed by atoms with Gasteiger partial charge in [0.2, 0.25) is 5.91 Å². The molecule has 0 atom stereocenters. The average molecular weight is 518 g/mol. The minimum Gasteiger partial charge on any atom is -0.475 e. The van der Waals surface area contributed by atoms with Crippen molar-refractivity contribution in [2.24, 2.45) is 12.5 Å². The van der Waals surface area contributed by atoms with E-state index in [-0.39, 0.29) is 5.91 Å². The molecule has 2 aliphatic rings. The Morgan fingerprint density at radius 1 is 0.971 bits per heavy atom. The van der Waals surface area contributed by atoms with E-state index in [0.717, 1.165) is 19.6 Å². The van der Waals surface area contributed by atoms with E-state index in [1.807, 2.05) is 14.1 Å². The van der Waals surface area contributed by atoms with E-state index in [1.165, 1.54) is 25.2 Å². The first kappa shape index (κ1) is 30.2. The number of amides is 1. The van der Waals surface area contributed by atoms with Crippen molar-refractivity contribution in [3.8, 4) is 0 Å². The first-order valence-corrected chi connectivity index (χ1v) is 10.2. The van der Waals surface area contributed by atoms with Gasteiger partial charge in [0.25, 0.3) is 0 Å². The van der Waals surface area contributed by atoms with Crippen LogP contribution < -0.4 is 0 Å². The maximum atomic E-state index is 11.8. The highest BCUT2D eigenvalue weighted by molar-refractivity contribution is 5.77. The lowest BCUT2D eigenvalue weighted by Gasteiger charge is -2.48. The molecule has 0 aliphatic carbocycles. The van der Waals surface area contributed by atoms with Crippen LogP contribution in [-0.4, -0.2) is 106 Å². The quantitative estimate of drug-likeness (QED) is 0.587. The topological polar surface area (TPSA) is 106 Å². The summed E-state index contributed by atoms with van der Waals surface area (Å²) >= 11 is 0. The molecular weight excluding hydrogens is 490 g/mol. The first-order valence-electron chi connectivity index (χ1n) is 10.2. The highest BCUT2D eigenvalue weighted by Crippen LogP contribution is 2.40. The molecule has 1 aromatic heterocycles. The molecule has 200 valence electrons. The molecule has 1 amide bonds. The lowest BCUT2D eigenvalue weighted by Crippen LogP contribution is -2.57. The first-order chi connectivity index (χ1) is 15.9. The van der Waals surface area contributed by atoms with Gasteiger partial charge in [0, 0.05) is 64.6 Å². The van der Waals surface area contributed by atoms with Crippen LogP contribution in [0.1, 0.15) is 12.1 Å². The minimum absolute atomic E-state index is 0.215. The highest BCUT2D eigenvalue weighted by Gasteiger charge is 2.47. The van der Waals surface area contributed by atoms with Crippen LogP contribution in [0.5, 0.6) is 0 Å². The molecule has 0 saturated carbocycles. The predicted octanol–water partition coefficient (Wildman–Crippen LogP) is 1.89. The number of aryl methyl sites for hydroxylation is 1. The van der Waals surface area contributed by atoms with Gasteiger partial charge in [0.1, 0.15) is 0 Å². The molecule has 1 aromatic rings. The Morgan fingerprint density at radius 2 is 1.43 bits per heavy atom. The van der Waals surface area contributed by atoms with E-state index in [1.54, 1.807) is 4.90 Å². The van der Waals surface area contributed by atoms with E-state index in [9.17, 15) is 31.1 Å². The Morgan fingerprint density at radius 3 is 1.80 bits per heavy atom. The van der Waals surface area contributed by atoms with Crippen LogP contribution in [0.3, 0.4) is 0 Å². The van der Waals surface area contributed by atoms with Gasteiger partial charge in [0.15, 0.2) is 0 Å². The maximum absolute atomic E-state index is 11.8. The third-order valence-electron chi connectivity index (χ3n) is 5.42. The fourth-order valence-corrected chi connectivity index (χ4v) is 3.66. The lowest BCUT2D eigenvalue weighted by molar-refractivity contribution is -0.193. The Balaban J connectivity index is 0.000000362. The number of carboxylic acids is 2. The molecule has 0 aromatic carbocycles. The second kappa shape index (κ2) is 11.7. The number of carbonyl (C=O) groups is 3. The van der Waals surface area contributed by atoms with Crippen molar-refractivity contribution in [1.29, 1.82) is 0 Å². The highest BCUT2D eigenvalue weighted by atomic mass is 19.4. The summed E-state index contributed by atoms with van der Waals surface area (Å²) < 4.78 is 65.7. The Bertz CT molecular complexity index is 854. The SMILES string of the molecule is CN(C)C(=O)CN1CCC2(C1)CN(Cc1cccn1C)C2.O=C(O)C(F)(F)F.O=C(O)C(F)(F)F. The second-order valence-corrected chi connectivity index (χ2v) is 8.61. The zero-order chi connectivity index (χ0) is 27.2. The van der Waals surface area contributed by atoms with Gasteiger partial charge in [-0.05, 0) is 25.1 Å². The van der Waals surface area contributed by atoms with Gasteiger partial charge in [-0.2, -0.15) is 26.3 Å². The number of alkyl halides is 6. The van der Waals surface area contributed by atoms with Crippen LogP contribution in [0.4, 0.5) is 26.3 Å². The molecule has 3 heterocycles. The lowest BCUT2D eigenvalue weighted by atomic mass is 9.79. The Hall–Kier alpha value is -2.81. The summed E-state index contributed by atoms with van der Waals surface area (Å²) in [6, 6.07) is 4.30. The summed E-state index contributed by atoms with van der Waals surface area (Å²) in [5, 5.41) is 14.2. The molecule has 15 heteroatoms. The van der Waals surface area contributed by atoms with Crippen LogP contribution in [0.25, 0.3) is 0 Å². The van der Waals surface area contributed by atoms with Crippen LogP contribution in [0, 0.1) is 5.41 Å².